The van der Waals surface area contributed by atoms with E-state index in [2.05, 4.69) is 14.8 Å². The Morgan fingerprint density at radius 3 is 2.64 bits per heavy atom. The molecule has 9 heteroatoms. The van der Waals surface area contributed by atoms with Crippen molar-refractivity contribution in [3.63, 3.8) is 0 Å². The molecule has 0 radical (unpaired) electrons. The van der Waals surface area contributed by atoms with Gasteiger partial charge in [0.2, 0.25) is 5.91 Å². The van der Waals surface area contributed by atoms with Crippen LogP contribution in [0.1, 0.15) is 12.5 Å². The van der Waals surface area contributed by atoms with Crippen LogP contribution >= 0.6 is 0 Å². The van der Waals surface area contributed by atoms with E-state index in [0.29, 0.717) is 38.1 Å². The maximum Gasteiger partial charge on any atom is 0.278 e. The van der Waals surface area contributed by atoms with Crippen LogP contribution in [0, 0.1) is 15.9 Å². The largest absolute Gasteiger partial charge is 0.368 e. The van der Waals surface area contributed by atoms with E-state index in [9.17, 15) is 19.3 Å². The number of anilines is 1. The molecule has 8 nitrogen and oxygen atoms in total. The van der Waals surface area contributed by atoms with Crippen molar-refractivity contribution < 1.29 is 14.1 Å². The Bertz CT molecular complexity index is 1180. The van der Waals surface area contributed by atoms with Gasteiger partial charge in [0, 0.05) is 69.3 Å². The van der Waals surface area contributed by atoms with Crippen LogP contribution in [0.4, 0.5) is 15.8 Å². The van der Waals surface area contributed by atoms with Gasteiger partial charge in [0.05, 0.1) is 16.4 Å². The average molecular weight is 452 g/mol. The number of carbonyl (C=O) groups is 1. The summed E-state index contributed by atoms with van der Waals surface area (Å²) in [7, 11) is 1.73. The number of amides is 1. The molecular weight excluding hydrogens is 425 g/mol. The third kappa shape index (κ3) is 4.78. The number of hydrogen-bond donors (Lipinski definition) is 0. The summed E-state index contributed by atoms with van der Waals surface area (Å²) in [4.78, 5) is 34.0. The lowest BCUT2D eigenvalue weighted by Crippen LogP contribution is -2.54. The van der Waals surface area contributed by atoms with Crippen LogP contribution in [0.2, 0.25) is 0 Å². The molecule has 1 amide bonds. The van der Waals surface area contributed by atoms with Crippen LogP contribution < -0.4 is 4.90 Å². The molecule has 3 aromatic rings. The number of benzene rings is 2. The number of aromatic nitrogens is 1. The van der Waals surface area contributed by atoms with Gasteiger partial charge < -0.3 is 9.80 Å². The van der Waals surface area contributed by atoms with Crippen molar-refractivity contribution in [1.29, 1.82) is 0 Å². The summed E-state index contributed by atoms with van der Waals surface area (Å²) < 4.78 is 13.5. The van der Waals surface area contributed by atoms with Gasteiger partial charge in [-0.25, -0.2) is 4.39 Å². The molecule has 1 aliphatic heterocycles. The van der Waals surface area contributed by atoms with Crippen LogP contribution in [0.5, 0.6) is 0 Å². The number of carbonyl (C=O) groups excluding carboxylic acids is 1. The Morgan fingerprint density at radius 2 is 1.94 bits per heavy atom. The molecule has 4 rings (SSSR count). The number of rotatable bonds is 6. The SMILES string of the molecule is C[C@@H](C(=O)N(C)Cc1cccc(F)c1)N1CCN(c2ccc([N+](=O)[O-])c3cnccc23)CC1. The normalized spacial score (nSPS) is 15.4. The van der Waals surface area contributed by atoms with Crippen molar-refractivity contribution in [1.82, 2.24) is 14.8 Å². The number of halogens is 1. The summed E-state index contributed by atoms with van der Waals surface area (Å²) in [5.74, 6) is -0.327. The molecule has 0 unspecified atom stereocenters. The van der Waals surface area contributed by atoms with E-state index in [1.165, 1.54) is 24.4 Å². The van der Waals surface area contributed by atoms with Crippen LogP contribution in [-0.4, -0.2) is 64.9 Å². The first-order chi connectivity index (χ1) is 15.8. The number of non-ortho nitro benzene ring substituents is 1. The number of fused-ring (bicyclic) bond motifs is 1. The van der Waals surface area contributed by atoms with Gasteiger partial charge in [-0.3, -0.25) is 24.8 Å². The van der Waals surface area contributed by atoms with Crippen molar-refractivity contribution >= 4 is 28.1 Å². The maximum absolute atomic E-state index is 13.5. The maximum atomic E-state index is 13.5. The molecular formula is C24H26FN5O3. The minimum atomic E-state index is -0.390. The van der Waals surface area contributed by atoms with Gasteiger partial charge in [0.25, 0.3) is 5.69 Å². The minimum absolute atomic E-state index is 0.0143. The summed E-state index contributed by atoms with van der Waals surface area (Å²) in [6, 6.07) is 11.1. The zero-order valence-electron chi connectivity index (χ0n) is 18.6. The number of nitro benzene ring substituents is 1. The highest BCUT2D eigenvalue weighted by molar-refractivity contribution is 5.99. The monoisotopic (exact) mass is 451 g/mol. The van der Waals surface area contributed by atoms with Crippen LogP contribution in [0.3, 0.4) is 0 Å². The fraction of sp³-hybridized carbons (Fsp3) is 0.333. The average Bonchev–Trinajstić information content (AvgIpc) is 2.82. The van der Waals surface area contributed by atoms with Gasteiger partial charge >= 0.3 is 0 Å². The first-order valence-electron chi connectivity index (χ1n) is 10.8. The van der Waals surface area contributed by atoms with Crippen molar-refractivity contribution in [3.05, 3.63) is 76.4 Å². The Balaban J connectivity index is 1.42. The summed E-state index contributed by atoms with van der Waals surface area (Å²) in [6.07, 6.45) is 3.17. The second-order valence-electron chi connectivity index (χ2n) is 8.31. The third-order valence-corrected chi connectivity index (χ3v) is 6.21. The topological polar surface area (TPSA) is 82.8 Å². The lowest BCUT2D eigenvalue weighted by Gasteiger charge is -2.39. The molecule has 1 aliphatic rings. The smallest absolute Gasteiger partial charge is 0.278 e. The first kappa shape index (κ1) is 22.6. The van der Waals surface area contributed by atoms with Crippen LogP contribution in [-0.2, 0) is 11.3 Å². The second-order valence-corrected chi connectivity index (χ2v) is 8.31. The molecule has 172 valence electrons. The van der Waals surface area contributed by atoms with E-state index in [4.69, 9.17) is 0 Å². The van der Waals surface area contributed by atoms with Gasteiger partial charge in [-0.05, 0) is 36.8 Å². The summed E-state index contributed by atoms with van der Waals surface area (Å²) in [5.41, 5.74) is 1.73. The number of nitrogens with zero attached hydrogens (tertiary/aromatic N) is 5. The molecule has 1 atom stereocenters. The van der Waals surface area contributed by atoms with Crippen LogP contribution in [0.15, 0.2) is 54.9 Å². The second kappa shape index (κ2) is 9.50. The standard InChI is InChI=1S/C24H26FN5O3/c1-17(24(31)27(2)16-18-4-3-5-19(25)14-18)28-10-12-29(13-11-28)22-6-7-23(30(32)33)21-15-26-9-8-20(21)22/h3-9,14-15,17H,10-13,16H2,1-2H3/t17-/m0/s1. The Labute approximate surface area is 191 Å². The molecule has 1 fully saturated rings. The van der Waals surface area contributed by atoms with Gasteiger partial charge in [-0.1, -0.05) is 12.1 Å². The van der Waals surface area contributed by atoms with Gasteiger partial charge in [-0.15, -0.1) is 0 Å². The third-order valence-electron chi connectivity index (χ3n) is 6.21. The Hall–Kier alpha value is -3.59. The summed E-state index contributed by atoms with van der Waals surface area (Å²) in [5, 5.41) is 12.7. The molecule has 0 saturated carbocycles. The Kier molecular flexibility index (Phi) is 6.50. The quantitative estimate of drug-likeness (QED) is 0.422. The Morgan fingerprint density at radius 1 is 1.18 bits per heavy atom. The predicted molar refractivity (Wildman–Crippen MR) is 125 cm³/mol. The lowest BCUT2D eigenvalue weighted by molar-refractivity contribution is -0.383. The number of pyridine rings is 1. The highest BCUT2D eigenvalue weighted by atomic mass is 19.1. The van der Waals surface area contributed by atoms with Crippen molar-refractivity contribution in [2.24, 2.45) is 0 Å². The number of hydrogen-bond acceptors (Lipinski definition) is 6. The van der Waals surface area contributed by atoms with E-state index in [-0.39, 0.29) is 28.4 Å². The molecule has 0 spiro atoms. The van der Waals surface area contributed by atoms with Crippen molar-refractivity contribution in [2.75, 3.05) is 38.1 Å². The molecule has 1 aromatic heterocycles. The number of likely N-dealkylation sites (N-methyl/N-ethyl adjacent to an activating group) is 1. The number of nitro groups is 1. The molecule has 1 saturated heterocycles. The molecule has 0 bridgehead atoms. The minimum Gasteiger partial charge on any atom is -0.368 e. The summed E-state index contributed by atoms with van der Waals surface area (Å²) >= 11 is 0. The van der Waals surface area contributed by atoms with Crippen molar-refractivity contribution in [3.8, 4) is 0 Å². The van der Waals surface area contributed by atoms with Gasteiger partial charge in [-0.2, -0.15) is 0 Å². The molecule has 0 aliphatic carbocycles. The van der Waals surface area contributed by atoms with Gasteiger partial charge in [0.15, 0.2) is 0 Å². The zero-order chi connectivity index (χ0) is 23.5. The highest BCUT2D eigenvalue weighted by Gasteiger charge is 2.28. The highest BCUT2D eigenvalue weighted by Crippen LogP contribution is 2.33. The van der Waals surface area contributed by atoms with E-state index in [0.717, 1.165) is 16.6 Å². The molecule has 2 heterocycles. The van der Waals surface area contributed by atoms with Crippen LogP contribution in [0.25, 0.3) is 10.8 Å². The molecule has 33 heavy (non-hydrogen) atoms. The zero-order valence-corrected chi connectivity index (χ0v) is 18.6. The first-order valence-corrected chi connectivity index (χ1v) is 10.8. The van der Waals surface area contributed by atoms with E-state index >= 15 is 0 Å². The van der Waals surface area contributed by atoms with Crippen molar-refractivity contribution in [2.45, 2.75) is 19.5 Å². The summed E-state index contributed by atoms with van der Waals surface area (Å²) in [6.45, 7) is 5.01. The number of piperazine rings is 1. The molecule has 2 aromatic carbocycles. The fourth-order valence-electron chi connectivity index (χ4n) is 4.41. The van der Waals surface area contributed by atoms with Gasteiger partial charge in [0.1, 0.15) is 5.82 Å². The van der Waals surface area contributed by atoms with E-state index < -0.39 is 0 Å². The lowest BCUT2D eigenvalue weighted by atomic mass is 10.1. The van der Waals surface area contributed by atoms with E-state index in [1.54, 1.807) is 42.4 Å². The fourth-order valence-corrected chi connectivity index (χ4v) is 4.41. The van der Waals surface area contributed by atoms with E-state index in [1.807, 2.05) is 6.92 Å². The predicted octanol–water partition coefficient (Wildman–Crippen LogP) is 3.45. The molecule has 0 N–H and O–H groups in total.